The molecule has 6 heteroatoms. The molecule has 4 aromatic heterocycles. The minimum atomic E-state index is 0.880. The van der Waals surface area contributed by atoms with Crippen molar-refractivity contribution >= 4 is 22.7 Å². The van der Waals surface area contributed by atoms with Crippen LogP contribution in [0.25, 0.3) is 0 Å². The van der Waals surface area contributed by atoms with Crippen LogP contribution in [0.1, 0.15) is 126 Å². The maximum absolute atomic E-state index is 2.46. The second kappa shape index (κ2) is 23.5. The van der Waals surface area contributed by atoms with Gasteiger partial charge in [0, 0.05) is 121 Å². The van der Waals surface area contributed by atoms with Gasteiger partial charge in [-0.05, 0) is 131 Å². The largest absolute Gasteiger partial charge is 0.338 e. The van der Waals surface area contributed by atoms with Gasteiger partial charge < -0.3 is 9.80 Å². The molecule has 4 aromatic carbocycles. The highest BCUT2D eigenvalue weighted by molar-refractivity contribution is 5.93. The molecule has 1 aliphatic heterocycles. The highest BCUT2D eigenvalue weighted by Gasteiger charge is 2.28. The first-order chi connectivity index (χ1) is 35.2. The van der Waals surface area contributed by atoms with Crippen molar-refractivity contribution in [2.75, 3.05) is 16.3 Å². The molecule has 74 heavy (non-hydrogen) atoms. The Labute approximate surface area is 446 Å². The second-order valence-corrected chi connectivity index (χ2v) is 21.2. The van der Waals surface area contributed by atoms with E-state index in [1.54, 1.807) is 0 Å². The van der Waals surface area contributed by atoms with Gasteiger partial charge in [-0.15, -0.1) is 0 Å². The van der Waals surface area contributed by atoms with Crippen molar-refractivity contribution in [2.45, 2.75) is 143 Å². The molecule has 0 radical (unpaired) electrons. The van der Waals surface area contributed by atoms with E-state index in [-0.39, 0.29) is 0 Å². The Morgan fingerprint density at radius 2 is 0.838 bits per heavy atom. The zero-order chi connectivity index (χ0) is 53.7. The van der Waals surface area contributed by atoms with Crippen molar-refractivity contribution < 1.29 is 18.3 Å². The van der Waals surface area contributed by atoms with Crippen LogP contribution in [0.5, 0.6) is 0 Å². The summed E-state index contributed by atoms with van der Waals surface area (Å²) in [6.45, 7) is 39.4. The van der Waals surface area contributed by atoms with E-state index in [1.807, 2.05) is 0 Å². The lowest BCUT2D eigenvalue weighted by atomic mass is 9.91. The topological polar surface area (TPSA) is 22.0 Å². The lowest BCUT2D eigenvalue weighted by Gasteiger charge is -2.40. The van der Waals surface area contributed by atoms with Gasteiger partial charge in [0.25, 0.3) is 0 Å². The number of aryl methyl sites for hydroxylation is 6. The molecule has 0 N–H and O–H groups in total. The predicted octanol–water partition coefficient (Wildman–Crippen LogP) is 13.7. The fraction of sp³-hybridized carbons (Fsp3) is 0.353. The summed E-state index contributed by atoms with van der Waals surface area (Å²) >= 11 is 0. The van der Waals surface area contributed by atoms with Gasteiger partial charge in [0.15, 0.2) is 52.1 Å². The highest BCUT2D eigenvalue weighted by Crippen LogP contribution is 2.49. The van der Waals surface area contributed by atoms with E-state index < -0.39 is 0 Å². The summed E-state index contributed by atoms with van der Waals surface area (Å²) in [4.78, 5) is 4.89. The van der Waals surface area contributed by atoms with Gasteiger partial charge in [-0.1, -0.05) is 72.8 Å². The maximum atomic E-state index is 2.46. The first kappa shape index (κ1) is 54.8. The molecular formula is C68H86N6+4. The Kier molecular flexibility index (Phi) is 17.4. The molecule has 0 saturated carbocycles. The van der Waals surface area contributed by atoms with E-state index in [0.29, 0.717) is 0 Å². The standard InChI is InChI=1S/C26H34N2.C23H24N2.C19H28N2/c1-17-14-25(15-26-19(3)21(5)27(8)22(6)20(26)4)18(2)23(7)28(17)16-24-12-10-9-11-13-24;1-4-24-20-12-10-17(2)14-22(20)25(16-19-8-6-5-7-9-19)23-15-18(3)11-13-21(23)24;1-8-21-15(4)11-19(16(5)17(21)6)12-18-9-13(2)20(7)14(3)10-18/h9-14H,15-16H2,1-8H3;5-15H,4,16H2,1-3H3;9-11H,8,12H2,1-7H3/q+2;;+2. The third-order valence-corrected chi connectivity index (χ3v) is 16.5. The minimum Gasteiger partial charge on any atom is -0.338 e. The second-order valence-electron chi connectivity index (χ2n) is 21.2. The molecule has 0 fully saturated rings. The first-order valence-electron chi connectivity index (χ1n) is 27.0. The monoisotopic (exact) mass is 987 g/mol. The van der Waals surface area contributed by atoms with Gasteiger partial charge in [0.05, 0.1) is 22.7 Å². The van der Waals surface area contributed by atoms with Gasteiger partial charge >= 0.3 is 0 Å². The number of fused-ring (bicyclic) bond motifs is 2. The zero-order valence-corrected chi connectivity index (χ0v) is 48.5. The molecule has 0 atom stereocenters. The summed E-state index contributed by atoms with van der Waals surface area (Å²) in [5.41, 5.74) is 32.7. The summed E-state index contributed by atoms with van der Waals surface area (Å²) in [5, 5.41) is 0. The lowest BCUT2D eigenvalue weighted by molar-refractivity contribution is -0.705. The molecule has 5 heterocycles. The molecular weight excluding hydrogens is 901 g/mol. The van der Waals surface area contributed by atoms with Crippen molar-refractivity contribution in [3.63, 3.8) is 0 Å². The van der Waals surface area contributed by atoms with Crippen LogP contribution in [0.3, 0.4) is 0 Å². The van der Waals surface area contributed by atoms with Crippen molar-refractivity contribution in [3.8, 4) is 0 Å². The van der Waals surface area contributed by atoms with Gasteiger partial charge in [-0.25, -0.2) is 13.7 Å². The molecule has 6 nitrogen and oxygen atoms in total. The van der Waals surface area contributed by atoms with E-state index in [4.69, 9.17) is 0 Å². The van der Waals surface area contributed by atoms with Crippen LogP contribution in [-0.4, -0.2) is 6.54 Å². The van der Waals surface area contributed by atoms with Crippen LogP contribution in [0.2, 0.25) is 0 Å². The third-order valence-electron chi connectivity index (χ3n) is 16.5. The quantitative estimate of drug-likeness (QED) is 0.127. The summed E-state index contributed by atoms with van der Waals surface area (Å²) in [7, 11) is 4.30. The summed E-state index contributed by atoms with van der Waals surface area (Å²) < 4.78 is 9.38. The van der Waals surface area contributed by atoms with Gasteiger partial charge in [0.1, 0.15) is 20.6 Å². The van der Waals surface area contributed by atoms with Crippen LogP contribution in [-0.2, 0) is 46.6 Å². The molecule has 9 rings (SSSR count). The summed E-state index contributed by atoms with van der Waals surface area (Å²) in [6.07, 6.45) is 2.01. The summed E-state index contributed by atoms with van der Waals surface area (Å²) in [6, 6.07) is 44.4. The normalized spacial score (nSPS) is 11.6. The van der Waals surface area contributed by atoms with Crippen molar-refractivity contribution in [3.05, 3.63) is 234 Å². The van der Waals surface area contributed by atoms with Crippen LogP contribution in [0, 0.1) is 96.9 Å². The Morgan fingerprint density at radius 3 is 1.32 bits per heavy atom. The van der Waals surface area contributed by atoms with Crippen LogP contribution < -0.4 is 28.1 Å². The van der Waals surface area contributed by atoms with Crippen molar-refractivity contribution in [1.82, 2.24) is 0 Å². The fourth-order valence-electron chi connectivity index (χ4n) is 11.1. The number of pyridine rings is 4. The number of hydrogen-bond donors (Lipinski definition) is 0. The number of nitrogens with zero attached hydrogens (tertiary/aromatic N) is 6. The van der Waals surface area contributed by atoms with E-state index in [0.717, 1.165) is 39.0 Å². The molecule has 0 amide bonds. The van der Waals surface area contributed by atoms with Gasteiger partial charge in [-0.2, -0.15) is 4.57 Å². The van der Waals surface area contributed by atoms with Crippen LogP contribution >= 0.6 is 0 Å². The Hall–Kier alpha value is -6.92. The Morgan fingerprint density at radius 1 is 0.378 bits per heavy atom. The molecule has 8 aromatic rings. The van der Waals surface area contributed by atoms with Gasteiger partial charge in [0.2, 0.25) is 0 Å². The maximum Gasteiger partial charge on any atom is 0.181 e. The zero-order valence-electron chi connectivity index (χ0n) is 48.5. The molecule has 0 saturated heterocycles. The molecule has 384 valence electrons. The molecule has 0 spiro atoms. The number of benzene rings is 4. The smallest absolute Gasteiger partial charge is 0.181 e. The number of rotatable bonds is 10. The SMILES string of the molecule is CCN1c2ccc(C)cc2N(Cc2ccccc2)c2cc(C)ccc21.CC[n+]1c(C)cc(Cc2cc(C)[n+](C)c(C)c2)c(C)c1C.Cc1c(Cc2cc(C)[n+](Cc3ccccc3)c(C)c2C)c(C)c(C)[n+](C)c1C. The first-order valence-corrected chi connectivity index (χ1v) is 27.0. The molecule has 0 aliphatic carbocycles. The molecule has 1 aliphatic rings. The molecule has 0 unspecified atom stereocenters. The number of hydrogen-bond acceptors (Lipinski definition) is 2. The highest BCUT2D eigenvalue weighted by atomic mass is 15.3. The van der Waals surface area contributed by atoms with Crippen molar-refractivity contribution in [2.24, 2.45) is 14.1 Å². The minimum absolute atomic E-state index is 0.880. The third kappa shape index (κ3) is 11.7. The van der Waals surface area contributed by atoms with Crippen LogP contribution in [0.15, 0.2) is 121 Å². The average molecular weight is 987 g/mol. The van der Waals surface area contributed by atoms with Crippen molar-refractivity contribution in [1.29, 1.82) is 0 Å². The van der Waals surface area contributed by atoms with Crippen LogP contribution in [0.4, 0.5) is 22.7 Å². The number of anilines is 4. The van der Waals surface area contributed by atoms with E-state index in [1.165, 1.54) is 135 Å². The lowest BCUT2D eigenvalue weighted by Crippen LogP contribution is -2.42. The van der Waals surface area contributed by atoms with E-state index >= 15 is 0 Å². The Bertz CT molecular complexity index is 3210. The Balaban J connectivity index is 0.000000164. The van der Waals surface area contributed by atoms with E-state index in [2.05, 4.69) is 274 Å². The average Bonchev–Trinajstić information content (AvgIpc) is 3.38. The summed E-state index contributed by atoms with van der Waals surface area (Å²) in [5.74, 6) is 0. The molecule has 0 bridgehead atoms. The predicted molar refractivity (Wildman–Crippen MR) is 310 cm³/mol. The fourth-order valence-corrected chi connectivity index (χ4v) is 11.1. The van der Waals surface area contributed by atoms with Gasteiger partial charge in [-0.3, -0.25) is 0 Å². The van der Waals surface area contributed by atoms with E-state index in [9.17, 15) is 0 Å². The number of aromatic nitrogens is 4.